The van der Waals surface area contributed by atoms with Gasteiger partial charge in [-0.2, -0.15) is 0 Å². The number of hydrogen-bond donors (Lipinski definition) is 1. The number of nitrogens with zero attached hydrogens (tertiary/aromatic N) is 1. The molecular weight excluding hydrogens is 308 g/mol. The summed E-state index contributed by atoms with van der Waals surface area (Å²) >= 11 is 1.48. The number of carbonyl (C=O) groups is 1. The molecule has 5 heteroatoms. The number of anilines is 1. The van der Waals surface area contributed by atoms with Gasteiger partial charge in [-0.05, 0) is 24.3 Å². The molecule has 2 aromatic rings. The summed E-state index contributed by atoms with van der Waals surface area (Å²) < 4.78 is 5.58. The standard InChI is InChI=1S/C18H24N2O2S/c1-14(2)16-13-23-18(19-16)20-17(21)9-6-11-22-12-10-15-7-4-3-5-8-15/h3-5,7-8,13-14H,6,9-12H2,1-2H3,(H,19,20,21). The van der Waals surface area contributed by atoms with E-state index >= 15 is 0 Å². The molecule has 0 aliphatic heterocycles. The van der Waals surface area contributed by atoms with Crippen LogP contribution in [0.4, 0.5) is 5.13 Å². The topological polar surface area (TPSA) is 51.2 Å². The van der Waals surface area contributed by atoms with Crippen LogP contribution >= 0.6 is 11.3 Å². The van der Waals surface area contributed by atoms with Gasteiger partial charge in [-0.3, -0.25) is 4.79 Å². The van der Waals surface area contributed by atoms with Crippen molar-refractivity contribution < 1.29 is 9.53 Å². The summed E-state index contributed by atoms with van der Waals surface area (Å²) in [6.45, 7) is 5.48. The van der Waals surface area contributed by atoms with Crippen LogP contribution in [0.1, 0.15) is 43.9 Å². The summed E-state index contributed by atoms with van der Waals surface area (Å²) in [5, 5.41) is 5.52. The van der Waals surface area contributed by atoms with Crippen molar-refractivity contribution in [2.24, 2.45) is 0 Å². The van der Waals surface area contributed by atoms with Gasteiger partial charge in [0.05, 0.1) is 12.3 Å². The van der Waals surface area contributed by atoms with E-state index < -0.39 is 0 Å². The Bertz CT molecular complexity index is 596. The highest BCUT2D eigenvalue weighted by molar-refractivity contribution is 7.13. The minimum absolute atomic E-state index is 0.00122. The van der Waals surface area contributed by atoms with E-state index in [1.54, 1.807) is 0 Å². The molecule has 0 aliphatic rings. The van der Waals surface area contributed by atoms with Gasteiger partial charge < -0.3 is 10.1 Å². The maximum Gasteiger partial charge on any atom is 0.226 e. The number of nitrogens with one attached hydrogen (secondary N) is 1. The van der Waals surface area contributed by atoms with Gasteiger partial charge in [-0.25, -0.2) is 4.98 Å². The third-order valence-corrected chi connectivity index (χ3v) is 4.21. The van der Waals surface area contributed by atoms with Crippen molar-refractivity contribution in [3.8, 4) is 0 Å². The second-order valence-corrected chi connectivity index (χ2v) is 6.59. The SMILES string of the molecule is CC(C)c1csc(NC(=O)CCCOCCc2ccccc2)n1. The summed E-state index contributed by atoms with van der Waals surface area (Å²) in [6.07, 6.45) is 2.09. The first-order valence-corrected chi connectivity index (χ1v) is 8.90. The van der Waals surface area contributed by atoms with E-state index in [9.17, 15) is 4.79 Å². The Balaban J connectivity index is 1.56. The molecule has 124 valence electrons. The van der Waals surface area contributed by atoms with Crippen molar-refractivity contribution in [3.63, 3.8) is 0 Å². The molecule has 1 aromatic carbocycles. The Morgan fingerprint density at radius 3 is 2.74 bits per heavy atom. The quantitative estimate of drug-likeness (QED) is 0.699. The second kappa shape index (κ2) is 9.43. The van der Waals surface area contributed by atoms with Crippen LogP contribution in [-0.4, -0.2) is 24.1 Å². The van der Waals surface area contributed by atoms with Crippen LogP contribution in [0.5, 0.6) is 0 Å². The van der Waals surface area contributed by atoms with E-state index in [4.69, 9.17) is 4.74 Å². The van der Waals surface area contributed by atoms with E-state index in [1.807, 2.05) is 23.6 Å². The van der Waals surface area contributed by atoms with Gasteiger partial charge in [0.2, 0.25) is 5.91 Å². The minimum atomic E-state index is 0.00122. The molecule has 1 heterocycles. The van der Waals surface area contributed by atoms with Crippen molar-refractivity contribution >= 4 is 22.4 Å². The second-order valence-electron chi connectivity index (χ2n) is 5.73. The highest BCUT2D eigenvalue weighted by Gasteiger charge is 2.08. The molecule has 0 fully saturated rings. The Labute approximate surface area is 141 Å². The molecule has 1 amide bonds. The van der Waals surface area contributed by atoms with Gasteiger partial charge >= 0.3 is 0 Å². The minimum Gasteiger partial charge on any atom is -0.381 e. The monoisotopic (exact) mass is 332 g/mol. The average molecular weight is 332 g/mol. The molecule has 0 aliphatic carbocycles. The molecule has 2 rings (SSSR count). The van der Waals surface area contributed by atoms with Crippen molar-refractivity contribution in [1.82, 2.24) is 4.98 Å². The van der Waals surface area contributed by atoms with E-state index in [0.717, 1.165) is 18.5 Å². The first kappa shape index (κ1) is 17.6. The van der Waals surface area contributed by atoms with Crippen LogP contribution in [0.2, 0.25) is 0 Å². The van der Waals surface area contributed by atoms with Gasteiger partial charge in [-0.15, -0.1) is 11.3 Å². The number of thiazole rings is 1. The molecule has 0 unspecified atom stereocenters. The van der Waals surface area contributed by atoms with Crippen molar-refractivity contribution in [2.45, 2.75) is 39.0 Å². The molecule has 4 nitrogen and oxygen atoms in total. The summed E-state index contributed by atoms with van der Waals surface area (Å²) in [5.74, 6) is 0.385. The summed E-state index contributed by atoms with van der Waals surface area (Å²) in [6, 6.07) is 10.3. The predicted octanol–water partition coefficient (Wildman–Crippen LogP) is 4.24. The smallest absolute Gasteiger partial charge is 0.226 e. The number of ether oxygens (including phenoxy) is 1. The number of carbonyl (C=O) groups excluding carboxylic acids is 1. The lowest BCUT2D eigenvalue weighted by Crippen LogP contribution is -2.12. The van der Waals surface area contributed by atoms with E-state index in [-0.39, 0.29) is 5.91 Å². The maximum atomic E-state index is 11.8. The summed E-state index contributed by atoms with van der Waals surface area (Å²) in [7, 11) is 0. The largest absolute Gasteiger partial charge is 0.381 e. The fourth-order valence-corrected chi connectivity index (χ4v) is 2.95. The lowest BCUT2D eigenvalue weighted by atomic mass is 10.2. The lowest BCUT2D eigenvalue weighted by molar-refractivity contribution is -0.116. The molecule has 0 saturated heterocycles. The third kappa shape index (κ3) is 6.50. The zero-order valence-electron chi connectivity index (χ0n) is 13.7. The first-order valence-electron chi connectivity index (χ1n) is 8.02. The van der Waals surface area contributed by atoms with Crippen molar-refractivity contribution in [3.05, 3.63) is 47.0 Å². The fraction of sp³-hybridized carbons (Fsp3) is 0.444. The van der Waals surface area contributed by atoms with Crippen LogP contribution in [0.3, 0.4) is 0 Å². The predicted molar refractivity (Wildman–Crippen MR) is 95.0 cm³/mol. The maximum absolute atomic E-state index is 11.8. The van der Waals surface area contributed by atoms with E-state index in [0.29, 0.717) is 30.7 Å². The number of hydrogen-bond acceptors (Lipinski definition) is 4. The van der Waals surface area contributed by atoms with Gasteiger partial charge in [0.25, 0.3) is 0 Å². The molecule has 0 radical (unpaired) electrons. The highest BCUT2D eigenvalue weighted by atomic mass is 32.1. The number of benzene rings is 1. The highest BCUT2D eigenvalue weighted by Crippen LogP contribution is 2.21. The van der Waals surface area contributed by atoms with Crippen molar-refractivity contribution in [1.29, 1.82) is 0 Å². The lowest BCUT2D eigenvalue weighted by Gasteiger charge is -2.05. The summed E-state index contributed by atoms with van der Waals surface area (Å²) in [5.41, 5.74) is 2.30. The van der Waals surface area contributed by atoms with Crippen LogP contribution in [0.25, 0.3) is 0 Å². The van der Waals surface area contributed by atoms with Crippen molar-refractivity contribution in [2.75, 3.05) is 18.5 Å². The molecule has 0 saturated carbocycles. The number of rotatable bonds is 9. The molecule has 1 N–H and O–H groups in total. The van der Waals surface area contributed by atoms with Gasteiger partial charge in [-0.1, -0.05) is 44.2 Å². The molecule has 23 heavy (non-hydrogen) atoms. The summed E-state index contributed by atoms with van der Waals surface area (Å²) in [4.78, 5) is 16.2. The van der Waals surface area contributed by atoms with Gasteiger partial charge in [0, 0.05) is 18.4 Å². The molecular formula is C18H24N2O2S. The van der Waals surface area contributed by atoms with Gasteiger partial charge in [0.15, 0.2) is 5.13 Å². The first-order chi connectivity index (χ1) is 11.1. The molecule has 0 atom stereocenters. The third-order valence-electron chi connectivity index (χ3n) is 3.43. The van der Waals surface area contributed by atoms with Crippen LogP contribution in [0.15, 0.2) is 35.7 Å². The fourth-order valence-electron chi connectivity index (χ4n) is 2.06. The zero-order valence-corrected chi connectivity index (χ0v) is 14.6. The number of amides is 1. The molecule has 0 bridgehead atoms. The van der Waals surface area contributed by atoms with Crippen LogP contribution in [-0.2, 0) is 16.0 Å². The molecule has 0 spiro atoms. The Hall–Kier alpha value is -1.72. The Kier molecular flexibility index (Phi) is 7.23. The zero-order chi connectivity index (χ0) is 16.5. The number of aromatic nitrogens is 1. The average Bonchev–Trinajstić information content (AvgIpc) is 3.00. The van der Waals surface area contributed by atoms with E-state index in [1.165, 1.54) is 16.9 Å². The van der Waals surface area contributed by atoms with Crippen LogP contribution in [0, 0.1) is 0 Å². The van der Waals surface area contributed by atoms with Crippen LogP contribution < -0.4 is 5.32 Å². The van der Waals surface area contributed by atoms with Gasteiger partial charge in [0.1, 0.15) is 0 Å². The Morgan fingerprint density at radius 1 is 1.26 bits per heavy atom. The normalized spacial score (nSPS) is 10.9. The Morgan fingerprint density at radius 2 is 2.04 bits per heavy atom. The van der Waals surface area contributed by atoms with E-state index in [2.05, 4.69) is 36.3 Å². The molecule has 1 aromatic heterocycles.